The molecule has 0 aliphatic carbocycles. The first-order valence-corrected chi connectivity index (χ1v) is 7.70. The zero-order chi connectivity index (χ0) is 15.6. The van der Waals surface area contributed by atoms with Crippen LogP contribution in [0.4, 0.5) is 4.79 Å². The molecule has 1 aromatic carbocycles. The van der Waals surface area contributed by atoms with Crippen molar-refractivity contribution >= 4 is 29.0 Å². The molecule has 1 aliphatic heterocycles. The number of imide groups is 1. The van der Waals surface area contributed by atoms with Crippen LogP contribution in [0.25, 0.3) is 6.08 Å². The Morgan fingerprint density at radius 2 is 1.81 bits per heavy atom. The SMILES string of the molecule is CC(C)c1ccc(C=C2SC(=O)N(CN(C)C)C2=O)cc1. The van der Waals surface area contributed by atoms with Crippen molar-refractivity contribution in [1.82, 2.24) is 9.80 Å². The topological polar surface area (TPSA) is 40.6 Å². The predicted molar refractivity (Wildman–Crippen MR) is 86.9 cm³/mol. The van der Waals surface area contributed by atoms with Crippen LogP contribution in [0.3, 0.4) is 0 Å². The fourth-order valence-corrected chi connectivity index (χ4v) is 2.86. The smallest absolute Gasteiger partial charge is 0.292 e. The molecule has 0 N–H and O–H groups in total. The number of thioether (sulfide) groups is 1. The van der Waals surface area contributed by atoms with Gasteiger partial charge in [0.2, 0.25) is 0 Å². The van der Waals surface area contributed by atoms with E-state index >= 15 is 0 Å². The molecule has 1 saturated heterocycles. The summed E-state index contributed by atoms with van der Waals surface area (Å²) >= 11 is 1.00. The quantitative estimate of drug-likeness (QED) is 0.800. The van der Waals surface area contributed by atoms with Crippen LogP contribution in [0.1, 0.15) is 30.9 Å². The summed E-state index contributed by atoms with van der Waals surface area (Å²) in [4.78, 5) is 27.6. The molecule has 1 fully saturated rings. The molecule has 112 valence electrons. The zero-order valence-electron chi connectivity index (χ0n) is 12.8. The van der Waals surface area contributed by atoms with Crippen LogP contribution in [0.15, 0.2) is 29.2 Å². The van der Waals surface area contributed by atoms with Crippen molar-refractivity contribution in [1.29, 1.82) is 0 Å². The Balaban J connectivity index is 2.18. The van der Waals surface area contributed by atoms with Crippen molar-refractivity contribution in [3.63, 3.8) is 0 Å². The van der Waals surface area contributed by atoms with Crippen LogP contribution in [0.5, 0.6) is 0 Å². The number of amides is 2. The Morgan fingerprint density at radius 3 is 2.33 bits per heavy atom. The number of hydrogen-bond donors (Lipinski definition) is 0. The lowest BCUT2D eigenvalue weighted by Gasteiger charge is -2.17. The molecule has 21 heavy (non-hydrogen) atoms. The normalized spacial score (nSPS) is 17.6. The highest BCUT2D eigenvalue weighted by atomic mass is 32.2. The van der Waals surface area contributed by atoms with E-state index in [-0.39, 0.29) is 11.1 Å². The lowest BCUT2D eigenvalue weighted by Crippen LogP contribution is -2.36. The molecule has 0 aromatic heterocycles. The van der Waals surface area contributed by atoms with Crippen LogP contribution in [-0.2, 0) is 4.79 Å². The maximum atomic E-state index is 12.2. The average Bonchev–Trinajstić information content (AvgIpc) is 2.67. The zero-order valence-corrected chi connectivity index (χ0v) is 13.6. The van der Waals surface area contributed by atoms with E-state index < -0.39 is 0 Å². The summed E-state index contributed by atoms with van der Waals surface area (Å²) in [7, 11) is 3.66. The van der Waals surface area contributed by atoms with Gasteiger partial charge in [0.15, 0.2) is 0 Å². The maximum absolute atomic E-state index is 12.2. The first-order valence-electron chi connectivity index (χ1n) is 6.88. The van der Waals surface area contributed by atoms with Crippen molar-refractivity contribution in [2.75, 3.05) is 20.8 Å². The third-order valence-corrected chi connectivity index (χ3v) is 4.11. The van der Waals surface area contributed by atoms with Crippen LogP contribution in [-0.4, -0.2) is 41.7 Å². The van der Waals surface area contributed by atoms with Gasteiger partial charge in [-0.2, -0.15) is 0 Å². The van der Waals surface area contributed by atoms with Gasteiger partial charge in [0.1, 0.15) is 0 Å². The van der Waals surface area contributed by atoms with Crippen LogP contribution < -0.4 is 0 Å². The fourth-order valence-electron chi connectivity index (χ4n) is 2.03. The highest BCUT2D eigenvalue weighted by Gasteiger charge is 2.35. The Hall–Kier alpha value is -1.59. The molecule has 0 bridgehead atoms. The third-order valence-electron chi connectivity index (χ3n) is 3.20. The van der Waals surface area contributed by atoms with Gasteiger partial charge in [0.05, 0.1) is 11.6 Å². The summed E-state index contributed by atoms with van der Waals surface area (Å²) in [6.07, 6.45) is 1.78. The van der Waals surface area contributed by atoms with E-state index in [1.165, 1.54) is 10.5 Å². The Labute approximate surface area is 129 Å². The molecule has 0 atom stereocenters. The van der Waals surface area contributed by atoms with E-state index in [0.29, 0.717) is 17.5 Å². The summed E-state index contributed by atoms with van der Waals surface area (Å²) < 4.78 is 0. The first-order chi connectivity index (χ1) is 9.88. The summed E-state index contributed by atoms with van der Waals surface area (Å²) in [6.45, 7) is 4.59. The van der Waals surface area contributed by atoms with Gasteiger partial charge in [-0.05, 0) is 49.0 Å². The second-order valence-corrected chi connectivity index (χ2v) is 6.65. The molecule has 1 aromatic rings. The monoisotopic (exact) mass is 304 g/mol. The summed E-state index contributed by atoms with van der Waals surface area (Å²) in [5.74, 6) is 0.262. The highest BCUT2D eigenvalue weighted by molar-refractivity contribution is 8.18. The molecule has 0 unspecified atom stereocenters. The number of hydrogen-bond acceptors (Lipinski definition) is 4. The van der Waals surface area contributed by atoms with Gasteiger partial charge in [0, 0.05) is 0 Å². The van der Waals surface area contributed by atoms with Crippen molar-refractivity contribution < 1.29 is 9.59 Å². The minimum Gasteiger partial charge on any atom is -0.292 e. The van der Waals surface area contributed by atoms with Crippen molar-refractivity contribution in [3.8, 4) is 0 Å². The summed E-state index contributed by atoms with van der Waals surface area (Å²) in [5, 5.41) is -0.209. The lowest BCUT2D eigenvalue weighted by atomic mass is 10.0. The molecule has 0 radical (unpaired) electrons. The van der Waals surface area contributed by atoms with E-state index in [1.807, 2.05) is 26.2 Å². The fraction of sp³-hybridized carbons (Fsp3) is 0.375. The largest absolute Gasteiger partial charge is 0.294 e. The molecule has 2 rings (SSSR count). The number of benzene rings is 1. The maximum Gasteiger partial charge on any atom is 0.294 e. The van der Waals surface area contributed by atoms with Gasteiger partial charge in [-0.25, -0.2) is 0 Å². The molecule has 1 heterocycles. The molecule has 5 heteroatoms. The van der Waals surface area contributed by atoms with Gasteiger partial charge in [-0.3, -0.25) is 19.4 Å². The number of carbonyl (C=O) groups is 2. The van der Waals surface area contributed by atoms with E-state index in [4.69, 9.17) is 0 Å². The van der Waals surface area contributed by atoms with Crippen molar-refractivity contribution in [2.24, 2.45) is 0 Å². The van der Waals surface area contributed by atoms with Gasteiger partial charge < -0.3 is 0 Å². The third kappa shape index (κ3) is 3.74. The van der Waals surface area contributed by atoms with Crippen LogP contribution in [0, 0.1) is 0 Å². The summed E-state index contributed by atoms with van der Waals surface area (Å²) in [5.41, 5.74) is 2.20. The van der Waals surface area contributed by atoms with Gasteiger partial charge in [-0.15, -0.1) is 0 Å². The van der Waals surface area contributed by atoms with E-state index in [0.717, 1.165) is 17.3 Å². The minimum absolute atomic E-state index is 0.209. The molecule has 0 spiro atoms. The average molecular weight is 304 g/mol. The van der Waals surface area contributed by atoms with E-state index in [9.17, 15) is 9.59 Å². The Kier molecular flexibility index (Phi) is 4.85. The van der Waals surface area contributed by atoms with E-state index in [2.05, 4.69) is 26.0 Å². The predicted octanol–water partition coefficient (Wildman–Crippen LogP) is 3.37. The molecular weight excluding hydrogens is 284 g/mol. The van der Waals surface area contributed by atoms with Crippen LogP contribution >= 0.6 is 11.8 Å². The second kappa shape index (κ2) is 6.45. The number of nitrogens with zero attached hydrogens (tertiary/aromatic N) is 2. The van der Waals surface area contributed by atoms with Gasteiger partial charge in [-0.1, -0.05) is 38.1 Å². The Morgan fingerprint density at radius 1 is 1.19 bits per heavy atom. The lowest BCUT2D eigenvalue weighted by molar-refractivity contribution is -0.123. The van der Waals surface area contributed by atoms with Crippen molar-refractivity contribution in [3.05, 3.63) is 40.3 Å². The summed E-state index contributed by atoms with van der Waals surface area (Å²) in [6, 6.07) is 8.08. The highest BCUT2D eigenvalue weighted by Crippen LogP contribution is 2.32. The van der Waals surface area contributed by atoms with Crippen molar-refractivity contribution in [2.45, 2.75) is 19.8 Å². The molecule has 2 amide bonds. The number of rotatable bonds is 4. The van der Waals surface area contributed by atoms with Crippen LogP contribution in [0.2, 0.25) is 0 Å². The Bertz CT molecular complexity index is 576. The first kappa shape index (κ1) is 15.8. The minimum atomic E-state index is -0.216. The molecule has 1 aliphatic rings. The van der Waals surface area contributed by atoms with Gasteiger partial charge in [0.25, 0.3) is 11.1 Å². The molecule has 0 saturated carbocycles. The molecular formula is C16H20N2O2S. The molecule has 4 nitrogen and oxygen atoms in total. The number of carbonyl (C=O) groups excluding carboxylic acids is 2. The van der Waals surface area contributed by atoms with E-state index in [1.54, 1.807) is 11.0 Å². The standard InChI is InChI=1S/C16H20N2O2S/c1-11(2)13-7-5-12(6-8-13)9-14-15(19)18(10-17(3)4)16(20)21-14/h5-9,11H,10H2,1-4H3. The second-order valence-electron chi connectivity index (χ2n) is 5.65. The van der Waals surface area contributed by atoms with Gasteiger partial charge >= 0.3 is 0 Å².